The maximum absolute atomic E-state index is 11.4. The van der Waals surface area contributed by atoms with Crippen LogP contribution in [0, 0.1) is 0 Å². The zero-order valence-corrected chi connectivity index (χ0v) is 12.0. The fourth-order valence-electron chi connectivity index (χ4n) is 2.29. The van der Waals surface area contributed by atoms with Crippen molar-refractivity contribution in [3.8, 4) is 11.5 Å². The summed E-state index contributed by atoms with van der Waals surface area (Å²) in [7, 11) is 1.80. The molecule has 0 spiro atoms. The zero-order valence-electron chi connectivity index (χ0n) is 12.0. The van der Waals surface area contributed by atoms with Gasteiger partial charge in [0, 0.05) is 24.9 Å². The molecule has 3 rings (SSSR count). The van der Waals surface area contributed by atoms with Crippen molar-refractivity contribution in [2.24, 2.45) is 5.73 Å². The minimum absolute atomic E-state index is 0.438. The third-order valence-corrected chi connectivity index (χ3v) is 3.34. The first-order valence-electron chi connectivity index (χ1n) is 6.81. The van der Waals surface area contributed by atoms with Crippen LogP contribution in [0.15, 0.2) is 54.7 Å². The summed E-state index contributed by atoms with van der Waals surface area (Å²) in [5.41, 5.74) is 5.89. The summed E-state index contributed by atoms with van der Waals surface area (Å²) in [6, 6.07) is 14.6. The van der Waals surface area contributed by atoms with Gasteiger partial charge < -0.3 is 15.8 Å². The quantitative estimate of drug-likeness (QED) is 0.774. The van der Waals surface area contributed by atoms with E-state index in [9.17, 15) is 4.79 Å². The summed E-state index contributed by atoms with van der Waals surface area (Å²) in [5, 5.41) is 4.67. The van der Waals surface area contributed by atoms with E-state index in [0.717, 1.165) is 16.6 Å². The Bertz CT molecular complexity index is 846. The molecule has 1 aromatic heterocycles. The van der Waals surface area contributed by atoms with E-state index in [4.69, 9.17) is 10.5 Å². The van der Waals surface area contributed by atoms with Gasteiger partial charge in [0.15, 0.2) is 0 Å². The molecule has 5 heteroatoms. The van der Waals surface area contributed by atoms with Crippen LogP contribution in [0.1, 0.15) is 10.4 Å². The number of amides is 1. The average Bonchev–Trinajstić information content (AvgIpc) is 2.54. The van der Waals surface area contributed by atoms with Crippen molar-refractivity contribution in [1.29, 1.82) is 0 Å². The van der Waals surface area contributed by atoms with Gasteiger partial charge >= 0.3 is 0 Å². The van der Waals surface area contributed by atoms with Crippen LogP contribution in [0.2, 0.25) is 0 Å². The third-order valence-electron chi connectivity index (χ3n) is 3.34. The Labute approximate surface area is 127 Å². The van der Waals surface area contributed by atoms with E-state index in [1.54, 1.807) is 31.4 Å². The van der Waals surface area contributed by atoms with E-state index in [2.05, 4.69) is 10.3 Å². The SMILES string of the molecule is CNc1cc(Oc2ccc3c(C(N)=O)cccc3c2)ccn1. The lowest BCUT2D eigenvalue weighted by molar-refractivity contribution is 0.100. The van der Waals surface area contributed by atoms with Gasteiger partial charge in [-0.25, -0.2) is 4.98 Å². The lowest BCUT2D eigenvalue weighted by Gasteiger charge is -2.09. The summed E-state index contributed by atoms with van der Waals surface area (Å²) in [5.74, 6) is 1.66. The number of pyridine rings is 1. The molecule has 0 unspecified atom stereocenters. The van der Waals surface area contributed by atoms with E-state index in [1.165, 1.54) is 0 Å². The lowest BCUT2D eigenvalue weighted by Crippen LogP contribution is -2.11. The van der Waals surface area contributed by atoms with E-state index < -0.39 is 5.91 Å². The van der Waals surface area contributed by atoms with Gasteiger partial charge in [0.1, 0.15) is 17.3 Å². The van der Waals surface area contributed by atoms with Gasteiger partial charge in [0.2, 0.25) is 5.91 Å². The highest BCUT2D eigenvalue weighted by Gasteiger charge is 2.07. The van der Waals surface area contributed by atoms with Gasteiger partial charge in [-0.15, -0.1) is 0 Å². The van der Waals surface area contributed by atoms with Gasteiger partial charge in [0.05, 0.1) is 0 Å². The largest absolute Gasteiger partial charge is 0.457 e. The molecule has 0 aliphatic heterocycles. The molecule has 0 fully saturated rings. The number of aromatic nitrogens is 1. The fraction of sp³-hybridized carbons (Fsp3) is 0.0588. The van der Waals surface area contributed by atoms with Crippen molar-refractivity contribution in [1.82, 2.24) is 4.98 Å². The second-order valence-electron chi connectivity index (χ2n) is 4.78. The van der Waals surface area contributed by atoms with E-state index >= 15 is 0 Å². The average molecular weight is 293 g/mol. The third kappa shape index (κ3) is 2.69. The van der Waals surface area contributed by atoms with Crippen molar-refractivity contribution in [2.75, 3.05) is 12.4 Å². The molecular weight excluding hydrogens is 278 g/mol. The number of fused-ring (bicyclic) bond motifs is 1. The Morgan fingerprint density at radius 1 is 1.14 bits per heavy atom. The van der Waals surface area contributed by atoms with Crippen LogP contribution in [0.25, 0.3) is 10.8 Å². The summed E-state index contributed by atoms with van der Waals surface area (Å²) in [6.07, 6.45) is 1.67. The van der Waals surface area contributed by atoms with Crippen molar-refractivity contribution >= 4 is 22.5 Å². The molecule has 0 aliphatic carbocycles. The molecule has 3 aromatic rings. The van der Waals surface area contributed by atoms with Crippen molar-refractivity contribution in [3.63, 3.8) is 0 Å². The van der Waals surface area contributed by atoms with Gasteiger partial charge in [-0.05, 0) is 41.1 Å². The van der Waals surface area contributed by atoms with Crippen LogP contribution in [0.5, 0.6) is 11.5 Å². The first kappa shape index (κ1) is 13.9. The monoisotopic (exact) mass is 293 g/mol. The second kappa shape index (κ2) is 5.73. The Balaban J connectivity index is 1.97. The van der Waals surface area contributed by atoms with Gasteiger partial charge in [-0.1, -0.05) is 12.1 Å². The molecule has 1 heterocycles. The number of hydrogen-bond acceptors (Lipinski definition) is 4. The van der Waals surface area contributed by atoms with Crippen molar-refractivity contribution in [2.45, 2.75) is 0 Å². The number of primary amides is 1. The molecule has 3 N–H and O–H groups in total. The summed E-state index contributed by atoms with van der Waals surface area (Å²) >= 11 is 0. The Morgan fingerprint density at radius 2 is 1.95 bits per heavy atom. The molecule has 0 saturated carbocycles. The maximum atomic E-state index is 11.4. The van der Waals surface area contributed by atoms with Crippen LogP contribution >= 0.6 is 0 Å². The van der Waals surface area contributed by atoms with E-state index in [1.807, 2.05) is 30.3 Å². The van der Waals surface area contributed by atoms with Crippen LogP contribution in [-0.2, 0) is 0 Å². The normalized spacial score (nSPS) is 10.4. The predicted molar refractivity (Wildman–Crippen MR) is 86.3 cm³/mol. The summed E-state index contributed by atoms with van der Waals surface area (Å²) < 4.78 is 5.83. The predicted octanol–water partition coefficient (Wildman–Crippen LogP) is 3.17. The standard InChI is InChI=1S/C17H15N3O2/c1-19-16-10-13(7-8-20-16)22-12-5-6-14-11(9-12)3-2-4-15(14)17(18)21/h2-10H,1H3,(H2,18,21)(H,19,20). The topological polar surface area (TPSA) is 77.2 Å². The highest BCUT2D eigenvalue weighted by molar-refractivity contribution is 6.06. The van der Waals surface area contributed by atoms with Gasteiger partial charge in [0.25, 0.3) is 0 Å². The van der Waals surface area contributed by atoms with E-state index in [0.29, 0.717) is 17.1 Å². The molecule has 0 atom stereocenters. The highest BCUT2D eigenvalue weighted by atomic mass is 16.5. The molecule has 0 saturated heterocycles. The molecule has 2 aromatic carbocycles. The molecule has 0 aliphatic rings. The number of rotatable bonds is 4. The minimum atomic E-state index is -0.438. The number of anilines is 1. The molecule has 1 amide bonds. The zero-order chi connectivity index (χ0) is 15.5. The smallest absolute Gasteiger partial charge is 0.249 e. The first-order chi connectivity index (χ1) is 10.7. The van der Waals surface area contributed by atoms with Gasteiger partial charge in [-0.3, -0.25) is 4.79 Å². The minimum Gasteiger partial charge on any atom is -0.457 e. The number of carbonyl (C=O) groups excluding carboxylic acids is 1. The van der Waals surface area contributed by atoms with Crippen molar-refractivity contribution in [3.05, 3.63) is 60.3 Å². The number of hydrogen-bond donors (Lipinski definition) is 2. The first-order valence-corrected chi connectivity index (χ1v) is 6.81. The molecule has 22 heavy (non-hydrogen) atoms. The number of nitrogens with two attached hydrogens (primary N) is 1. The number of ether oxygens (including phenoxy) is 1. The second-order valence-corrected chi connectivity index (χ2v) is 4.78. The number of nitrogens with one attached hydrogen (secondary N) is 1. The summed E-state index contributed by atoms with van der Waals surface area (Å²) in [6.45, 7) is 0. The molecular formula is C17H15N3O2. The van der Waals surface area contributed by atoms with Crippen molar-refractivity contribution < 1.29 is 9.53 Å². The Hall–Kier alpha value is -3.08. The van der Waals surface area contributed by atoms with E-state index in [-0.39, 0.29) is 0 Å². The molecule has 0 bridgehead atoms. The Kier molecular flexibility index (Phi) is 3.62. The molecule has 0 radical (unpaired) electrons. The van der Waals surface area contributed by atoms with Crippen LogP contribution < -0.4 is 15.8 Å². The maximum Gasteiger partial charge on any atom is 0.249 e. The Morgan fingerprint density at radius 3 is 2.73 bits per heavy atom. The highest BCUT2D eigenvalue weighted by Crippen LogP contribution is 2.28. The van der Waals surface area contributed by atoms with Crippen LogP contribution in [0.3, 0.4) is 0 Å². The number of nitrogens with zero attached hydrogens (tertiary/aromatic N) is 1. The lowest BCUT2D eigenvalue weighted by atomic mass is 10.0. The number of carbonyl (C=O) groups is 1. The van der Waals surface area contributed by atoms with Gasteiger partial charge in [-0.2, -0.15) is 0 Å². The summed E-state index contributed by atoms with van der Waals surface area (Å²) in [4.78, 5) is 15.6. The fourth-order valence-corrected chi connectivity index (χ4v) is 2.29. The molecule has 110 valence electrons. The number of benzene rings is 2. The van der Waals surface area contributed by atoms with Crippen LogP contribution in [0.4, 0.5) is 5.82 Å². The van der Waals surface area contributed by atoms with Crippen LogP contribution in [-0.4, -0.2) is 17.9 Å². The molecule has 5 nitrogen and oxygen atoms in total.